The van der Waals surface area contributed by atoms with Crippen LogP contribution in [-0.2, 0) is 16.0 Å². The van der Waals surface area contributed by atoms with Crippen LogP contribution < -0.4 is 17.2 Å². The van der Waals surface area contributed by atoms with Crippen LogP contribution in [0.25, 0.3) is 21.5 Å². The number of likely N-dealkylation sites (tertiary alicyclic amines) is 1. The van der Waals surface area contributed by atoms with Crippen molar-refractivity contribution in [2.45, 2.75) is 51.6 Å². The number of aromatic nitrogens is 1. The summed E-state index contributed by atoms with van der Waals surface area (Å²) in [5.74, 6) is -0.939. The van der Waals surface area contributed by atoms with Gasteiger partial charge in [-0.25, -0.2) is 9.78 Å². The number of hydrogen-bond donors (Lipinski definition) is 3. The molecule has 0 spiro atoms. The lowest BCUT2D eigenvalue weighted by molar-refractivity contribution is -0.118. The maximum Gasteiger partial charge on any atom is 0.410 e. The van der Waals surface area contributed by atoms with Gasteiger partial charge in [-0.05, 0) is 50.8 Å². The van der Waals surface area contributed by atoms with Gasteiger partial charge in [-0.1, -0.05) is 24.3 Å². The van der Waals surface area contributed by atoms with Crippen LogP contribution in [0, 0.1) is 0 Å². The quantitative estimate of drug-likeness (QED) is 0.459. The summed E-state index contributed by atoms with van der Waals surface area (Å²) in [6.07, 6.45) is 1.23. The van der Waals surface area contributed by atoms with Crippen molar-refractivity contribution in [1.29, 1.82) is 0 Å². The minimum Gasteiger partial charge on any atom is -0.444 e. The smallest absolute Gasteiger partial charge is 0.410 e. The summed E-state index contributed by atoms with van der Waals surface area (Å²) in [6.45, 7) is 6.55. The highest BCUT2D eigenvalue weighted by atomic mass is 32.1. The molecule has 36 heavy (non-hydrogen) atoms. The highest BCUT2D eigenvalue weighted by molar-refractivity contribution is 7.21. The lowest BCUT2D eigenvalue weighted by Gasteiger charge is -2.24. The zero-order valence-electron chi connectivity index (χ0n) is 20.7. The molecular formula is C26H31N5O4S. The largest absolute Gasteiger partial charge is 0.444 e. The molecule has 1 aliphatic rings. The van der Waals surface area contributed by atoms with E-state index in [4.69, 9.17) is 26.9 Å². The molecule has 10 heteroatoms. The van der Waals surface area contributed by atoms with E-state index in [1.165, 1.54) is 11.3 Å². The minimum absolute atomic E-state index is 0.00534. The second-order valence-corrected chi connectivity index (χ2v) is 11.1. The number of ether oxygens (including phenoxy) is 1. The number of benzene rings is 1. The Kier molecular flexibility index (Phi) is 6.90. The third-order valence-corrected chi connectivity index (χ3v) is 7.26. The number of anilines is 1. The molecule has 0 aliphatic carbocycles. The van der Waals surface area contributed by atoms with E-state index >= 15 is 0 Å². The number of primary amides is 2. The topological polar surface area (TPSA) is 155 Å². The van der Waals surface area contributed by atoms with Gasteiger partial charge < -0.3 is 26.8 Å². The summed E-state index contributed by atoms with van der Waals surface area (Å²) in [4.78, 5) is 43.2. The average molecular weight is 510 g/mol. The Labute approximate surface area is 213 Å². The number of carbonyl (C=O) groups is 3. The van der Waals surface area contributed by atoms with Crippen molar-refractivity contribution in [2.75, 3.05) is 18.8 Å². The van der Waals surface area contributed by atoms with E-state index in [1.54, 1.807) is 4.90 Å². The van der Waals surface area contributed by atoms with E-state index < -0.39 is 11.5 Å². The van der Waals surface area contributed by atoms with Crippen molar-refractivity contribution in [1.82, 2.24) is 9.88 Å². The maximum atomic E-state index is 12.7. The van der Waals surface area contributed by atoms with Crippen LogP contribution in [0.5, 0.6) is 0 Å². The third-order valence-electron chi connectivity index (χ3n) is 6.14. The number of nitrogen functional groups attached to an aromatic ring is 1. The van der Waals surface area contributed by atoms with Crippen LogP contribution >= 0.6 is 11.3 Å². The summed E-state index contributed by atoms with van der Waals surface area (Å²) in [7, 11) is 0. The molecule has 0 bridgehead atoms. The fraction of sp³-hybridized carbons (Fsp3) is 0.385. The minimum atomic E-state index is -0.594. The molecule has 2 aromatic heterocycles. The number of thiophene rings is 1. The molecule has 3 aromatic rings. The van der Waals surface area contributed by atoms with Crippen molar-refractivity contribution < 1.29 is 19.1 Å². The van der Waals surface area contributed by atoms with Crippen LogP contribution in [0.1, 0.15) is 60.3 Å². The van der Waals surface area contributed by atoms with Crippen LogP contribution in [-0.4, -0.2) is 46.5 Å². The monoisotopic (exact) mass is 509 g/mol. The second kappa shape index (κ2) is 9.77. The molecule has 0 saturated carbocycles. The highest BCUT2D eigenvalue weighted by Gasteiger charge is 2.33. The number of aryl methyl sites for hydroxylation is 1. The molecule has 190 valence electrons. The normalized spacial score (nSPS) is 15.9. The van der Waals surface area contributed by atoms with Crippen LogP contribution in [0.3, 0.4) is 0 Å². The van der Waals surface area contributed by atoms with Gasteiger partial charge in [-0.15, -0.1) is 11.3 Å². The van der Waals surface area contributed by atoms with Crippen LogP contribution in [0.4, 0.5) is 10.5 Å². The molecule has 9 nitrogen and oxygen atoms in total. The van der Waals surface area contributed by atoms with E-state index in [0.29, 0.717) is 35.4 Å². The molecule has 1 aliphatic heterocycles. The molecule has 1 aromatic carbocycles. The number of amides is 3. The molecule has 1 fully saturated rings. The van der Waals surface area contributed by atoms with Crippen molar-refractivity contribution in [2.24, 2.45) is 11.5 Å². The summed E-state index contributed by atoms with van der Waals surface area (Å²) in [5.41, 5.74) is 20.5. The molecular weight excluding hydrogens is 478 g/mol. The number of hydrogen-bond acceptors (Lipinski definition) is 7. The van der Waals surface area contributed by atoms with Crippen molar-refractivity contribution in [3.05, 3.63) is 46.3 Å². The number of pyridine rings is 1. The summed E-state index contributed by atoms with van der Waals surface area (Å²) >= 11 is 1.18. The van der Waals surface area contributed by atoms with Gasteiger partial charge >= 0.3 is 6.09 Å². The predicted molar refractivity (Wildman–Crippen MR) is 141 cm³/mol. The molecule has 6 N–H and O–H groups in total. The number of carbonyl (C=O) groups excluding carboxylic acids is 3. The van der Waals surface area contributed by atoms with E-state index in [-0.39, 0.29) is 29.2 Å². The standard InChI is InChI=1S/C26H31N5O4S/c1-26(2,3)35-25(34)31-11-10-16(13-31)17-12-18(15-7-4-14(5-8-15)6-9-19(27)32)30-24-20(17)21(28)22(36-24)23(29)33/h4-5,7-8,12,16H,6,9-11,13,28H2,1-3H3,(H2,27,32)(H2,29,33). The van der Waals surface area contributed by atoms with Gasteiger partial charge in [0.05, 0.1) is 11.4 Å². The molecule has 1 atom stereocenters. The first-order valence-corrected chi connectivity index (χ1v) is 12.6. The molecule has 1 saturated heterocycles. The van der Waals surface area contributed by atoms with Crippen LogP contribution in [0.2, 0.25) is 0 Å². The molecule has 3 heterocycles. The summed E-state index contributed by atoms with van der Waals surface area (Å²) in [6, 6.07) is 9.77. The Morgan fingerprint density at radius 3 is 2.47 bits per heavy atom. The zero-order valence-corrected chi connectivity index (χ0v) is 21.5. The number of fused-ring (bicyclic) bond motifs is 1. The molecule has 4 rings (SSSR count). The van der Waals surface area contributed by atoms with Crippen molar-refractivity contribution in [3.63, 3.8) is 0 Å². The number of nitrogens with zero attached hydrogens (tertiary/aromatic N) is 2. The Morgan fingerprint density at radius 1 is 1.17 bits per heavy atom. The molecule has 0 radical (unpaired) electrons. The first-order chi connectivity index (χ1) is 16.9. The SMILES string of the molecule is CC(C)(C)OC(=O)N1CCC(c2cc(-c3ccc(CCC(N)=O)cc3)nc3sc(C(N)=O)c(N)c23)C1. The number of nitrogens with two attached hydrogens (primary N) is 3. The zero-order chi connectivity index (χ0) is 26.2. The highest BCUT2D eigenvalue weighted by Crippen LogP contribution is 2.42. The first-order valence-electron chi connectivity index (χ1n) is 11.8. The Balaban J connectivity index is 1.71. The van der Waals surface area contributed by atoms with Gasteiger partial charge in [0.15, 0.2) is 0 Å². The van der Waals surface area contributed by atoms with E-state index in [9.17, 15) is 14.4 Å². The summed E-state index contributed by atoms with van der Waals surface area (Å²) < 4.78 is 5.55. The Hall–Kier alpha value is -3.66. The number of rotatable bonds is 6. The fourth-order valence-electron chi connectivity index (χ4n) is 4.42. The Morgan fingerprint density at radius 2 is 1.86 bits per heavy atom. The van der Waals surface area contributed by atoms with Crippen LogP contribution in [0.15, 0.2) is 30.3 Å². The summed E-state index contributed by atoms with van der Waals surface area (Å²) in [5, 5.41) is 0.715. The van der Waals surface area contributed by atoms with Gasteiger partial charge in [-0.2, -0.15) is 0 Å². The van der Waals surface area contributed by atoms with Gasteiger partial charge in [0.25, 0.3) is 5.91 Å². The van der Waals surface area contributed by atoms with Gasteiger partial charge in [0, 0.05) is 36.4 Å². The van der Waals surface area contributed by atoms with Gasteiger partial charge in [0.2, 0.25) is 5.91 Å². The predicted octanol–water partition coefficient (Wildman–Crippen LogP) is 3.79. The average Bonchev–Trinajstić information content (AvgIpc) is 3.42. The maximum absolute atomic E-state index is 12.7. The first kappa shape index (κ1) is 25.4. The van der Waals surface area contributed by atoms with E-state index in [2.05, 4.69) is 0 Å². The van der Waals surface area contributed by atoms with Gasteiger partial charge in [-0.3, -0.25) is 9.59 Å². The lowest BCUT2D eigenvalue weighted by Crippen LogP contribution is -2.35. The van der Waals surface area contributed by atoms with Crippen molar-refractivity contribution in [3.8, 4) is 11.3 Å². The fourth-order valence-corrected chi connectivity index (χ4v) is 5.40. The lowest BCUT2D eigenvalue weighted by atomic mass is 9.93. The van der Waals surface area contributed by atoms with Crippen molar-refractivity contribution >= 4 is 45.1 Å². The Bertz CT molecular complexity index is 1330. The van der Waals surface area contributed by atoms with E-state index in [1.807, 2.05) is 51.1 Å². The second-order valence-electron chi connectivity index (χ2n) is 10.1. The molecule has 1 unspecified atom stereocenters. The molecule has 3 amide bonds. The third kappa shape index (κ3) is 5.43. The van der Waals surface area contributed by atoms with Gasteiger partial charge in [0.1, 0.15) is 15.3 Å². The van der Waals surface area contributed by atoms with E-state index in [0.717, 1.165) is 28.8 Å².